The van der Waals surface area contributed by atoms with Crippen LogP contribution in [0.2, 0.25) is 0 Å². The Hall–Kier alpha value is -3.38. The van der Waals surface area contributed by atoms with Gasteiger partial charge in [-0.05, 0) is 24.3 Å². The number of aromatic nitrogens is 2. The molecule has 0 atom stereocenters. The van der Waals surface area contributed by atoms with Gasteiger partial charge in [-0.3, -0.25) is 9.48 Å². The molecule has 0 bridgehead atoms. The Balaban J connectivity index is 1.81. The molecule has 30 heavy (non-hydrogen) atoms. The van der Waals surface area contributed by atoms with Gasteiger partial charge in [0.1, 0.15) is 23.1 Å². The summed E-state index contributed by atoms with van der Waals surface area (Å²) in [7, 11) is 0. The fraction of sp³-hybridized carbons (Fsp3) is 0.176. The normalized spacial score (nSPS) is 12.3. The molecule has 160 valence electrons. The third-order valence-electron chi connectivity index (χ3n) is 3.67. The molecule has 0 aliphatic rings. The van der Waals surface area contributed by atoms with Crippen LogP contribution in [-0.2, 0) is 18.9 Å². The van der Waals surface area contributed by atoms with Crippen LogP contribution in [-0.4, -0.2) is 15.7 Å². The molecule has 0 saturated heterocycles. The highest BCUT2D eigenvalue weighted by atomic mass is 19.4. The van der Waals surface area contributed by atoms with Crippen molar-refractivity contribution in [2.45, 2.75) is 18.9 Å². The minimum absolute atomic E-state index is 0.0469. The maximum atomic E-state index is 13.2. The highest BCUT2D eigenvalue weighted by Crippen LogP contribution is 2.35. The van der Waals surface area contributed by atoms with E-state index >= 15 is 0 Å². The number of rotatable bonds is 4. The Kier molecular flexibility index (Phi) is 5.31. The molecule has 0 aliphatic carbocycles. The van der Waals surface area contributed by atoms with E-state index in [4.69, 9.17) is 4.42 Å². The Labute approximate surface area is 161 Å². The predicted octanol–water partition coefficient (Wildman–Crippen LogP) is 5.09. The summed E-state index contributed by atoms with van der Waals surface area (Å²) in [5, 5.41) is 5.03. The summed E-state index contributed by atoms with van der Waals surface area (Å²) in [6.45, 7) is -0.854. The van der Waals surface area contributed by atoms with Gasteiger partial charge in [0.25, 0.3) is 5.91 Å². The lowest BCUT2D eigenvalue weighted by atomic mass is 10.3. The van der Waals surface area contributed by atoms with E-state index in [1.165, 1.54) is 0 Å². The average molecular weight is 439 g/mol. The van der Waals surface area contributed by atoms with Crippen LogP contribution in [0, 0.1) is 11.6 Å². The van der Waals surface area contributed by atoms with Crippen molar-refractivity contribution in [1.29, 1.82) is 0 Å². The zero-order valence-corrected chi connectivity index (χ0v) is 14.4. The Morgan fingerprint density at radius 1 is 0.967 bits per heavy atom. The molecule has 2 aromatic heterocycles. The van der Waals surface area contributed by atoms with Gasteiger partial charge in [-0.25, -0.2) is 8.78 Å². The van der Waals surface area contributed by atoms with Crippen molar-refractivity contribution in [3.05, 3.63) is 70.9 Å². The van der Waals surface area contributed by atoms with E-state index in [0.29, 0.717) is 6.07 Å². The van der Waals surface area contributed by atoms with Crippen LogP contribution >= 0.6 is 0 Å². The number of anilines is 1. The van der Waals surface area contributed by atoms with E-state index in [1.807, 2.05) is 0 Å². The van der Waals surface area contributed by atoms with Crippen LogP contribution < -0.4 is 5.32 Å². The number of alkyl halides is 6. The molecule has 1 amide bonds. The molecule has 3 rings (SSSR count). The number of carbonyl (C=O) groups excluding carboxylic acids is 1. The summed E-state index contributed by atoms with van der Waals surface area (Å²) in [5.41, 5.74) is -3.66. The second-order valence-corrected chi connectivity index (χ2v) is 5.95. The van der Waals surface area contributed by atoms with Crippen LogP contribution in [0.4, 0.5) is 40.8 Å². The molecule has 0 radical (unpaired) electrons. The van der Waals surface area contributed by atoms with E-state index in [2.05, 4.69) is 10.4 Å². The Morgan fingerprint density at radius 2 is 1.60 bits per heavy atom. The number of benzene rings is 1. The summed E-state index contributed by atoms with van der Waals surface area (Å²) in [6, 6.07) is 4.12. The minimum atomic E-state index is -5.12. The Morgan fingerprint density at radius 3 is 2.17 bits per heavy atom. The topological polar surface area (TPSA) is 60.1 Å². The first-order valence-corrected chi connectivity index (χ1v) is 7.91. The van der Waals surface area contributed by atoms with Gasteiger partial charge < -0.3 is 9.73 Å². The number of hydrogen-bond acceptors (Lipinski definition) is 3. The Bertz CT molecular complexity index is 1060. The summed E-state index contributed by atoms with van der Waals surface area (Å²) in [4.78, 5) is 12.1. The van der Waals surface area contributed by atoms with E-state index in [9.17, 15) is 39.9 Å². The second-order valence-electron chi connectivity index (χ2n) is 5.95. The van der Waals surface area contributed by atoms with Gasteiger partial charge in [-0.2, -0.15) is 31.4 Å². The van der Waals surface area contributed by atoms with E-state index in [-0.39, 0.29) is 22.2 Å². The lowest BCUT2D eigenvalue weighted by Gasteiger charge is -2.08. The number of amides is 1. The van der Waals surface area contributed by atoms with Gasteiger partial charge in [-0.15, -0.1) is 0 Å². The highest BCUT2D eigenvalue weighted by Gasteiger charge is 2.42. The third-order valence-corrected chi connectivity index (χ3v) is 3.67. The van der Waals surface area contributed by atoms with Crippen molar-refractivity contribution in [2.24, 2.45) is 0 Å². The summed E-state index contributed by atoms with van der Waals surface area (Å²) >= 11 is 0. The maximum absolute atomic E-state index is 13.2. The number of halogens is 8. The molecular formula is C17H9F8N3O2. The number of furan rings is 1. The molecule has 1 N–H and O–H groups in total. The minimum Gasteiger partial charge on any atom is -0.454 e. The summed E-state index contributed by atoms with van der Waals surface area (Å²) in [5.74, 6) is -3.69. The molecule has 0 unspecified atom stereocenters. The fourth-order valence-corrected chi connectivity index (χ4v) is 2.46. The molecule has 3 aromatic rings. The molecule has 5 nitrogen and oxygen atoms in total. The average Bonchev–Trinajstić information content (AvgIpc) is 3.20. The van der Waals surface area contributed by atoms with Crippen molar-refractivity contribution in [1.82, 2.24) is 9.78 Å². The van der Waals surface area contributed by atoms with E-state index in [0.717, 1.165) is 24.3 Å². The van der Waals surface area contributed by atoms with Crippen molar-refractivity contribution in [3.63, 3.8) is 0 Å². The monoisotopic (exact) mass is 439 g/mol. The van der Waals surface area contributed by atoms with Gasteiger partial charge in [0, 0.05) is 17.8 Å². The van der Waals surface area contributed by atoms with Crippen LogP contribution in [0.15, 0.2) is 40.8 Å². The number of hydrogen-bond donors (Lipinski definition) is 1. The van der Waals surface area contributed by atoms with Gasteiger partial charge >= 0.3 is 12.4 Å². The standard InChI is InChI=1S/C17H9F8N3O2/c18-8-3-9(19)5-10(4-8)26-15(29)12-2-1-11(30-12)7-28-14(17(23,24)25)6-13(27-28)16(20,21)22/h1-6H,7H2,(H,26,29). The van der Waals surface area contributed by atoms with Crippen molar-refractivity contribution < 1.29 is 44.3 Å². The molecule has 0 fully saturated rings. The van der Waals surface area contributed by atoms with E-state index in [1.54, 1.807) is 0 Å². The van der Waals surface area contributed by atoms with Crippen LogP contribution in [0.1, 0.15) is 27.7 Å². The second kappa shape index (κ2) is 7.46. The smallest absolute Gasteiger partial charge is 0.435 e. The lowest BCUT2D eigenvalue weighted by Crippen LogP contribution is -2.15. The molecule has 0 saturated carbocycles. The maximum Gasteiger partial charge on any atom is 0.435 e. The van der Waals surface area contributed by atoms with Crippen LogP contribution in [0.25, 0.3) is 0 Å². The van der Waals surface area contributed by atoms with Gasteiger partial charge in [0.2, 0.25) is 0 Å². The third kappa shape index (κ3) is 4.78. The zero-order chi connectivity index (χ0) is 22.3. The van der Waals surface area contributed by atoms with Crippen molar-refractivity contribution >= 4 is 11.6 Å². The summed E-state index contributed by atoms with van der Waals surface area (Å²) < 4.78 is 109. The molecular weight excluding hydrogens is 430 g/mol. The molecule has 13 heteroatoms. The molecule has 1 aromatic carbocycles. The molecule has 0 aliphatic heterocycles. The first kappa shape index (κ1) is 21.3. The van der Waals surface area contributed by atoms with Crippen LogP contribution in [0.5, 0.6) is 0 Å². The number of nitrogens with zero attached hydrogens (tertiary/aromatic N) is 2. The highest BCUT2D eigenvalue weighted by molar-refractivity contribution is 6.02. The largest absolute Gasteiger partial charge is 0.454 e. The van der Waals surface area contributed by atoms with Crippen molar-refractivity contribution in [3.8, 4) is 0 Å². The van der Waals surface area contributed by atoms with Gasteiger partial charge in [0.15, 0.2) is 11.5 Å². The first-order valence-electron chi connectivity index (χ1n) is 7.91. The fourth-order valence-electron chi connectivity index (χ4n) is 2.46. The molecule has 0 spiro atoms. The van der Waals surface area contributed by atoms with Crippen LogP contribution in [0.3, 0.4) is 0 Å². The number of nitrogens with one attached hydrogen (secondary N) is 1. The van der Waals surface area contributed by atoms with Gasteiger partial charge in [0.05, 0.1) is 6.54 Å². The number of carbonyl (C=O) groups is 1. The summed E-state index contributed by atoms with van der Waals surface area (Å²) in [6.07, 6.45) is -10.2. The quantitative estimate of drug-likeness (QED) is 0.576. The van der Waals surface area contributed by atoms with Crippen molar-refractivity contribution in [2.75, 3.05) is 5.32 Å². The van der Waals surface area contributed by atoms with E-state index < -0.39 is 53.6 Å². The molecule has 2 heterocycles. The van der Waals surface area contributed by atoms with Gasteiger partial charge in [-0.1, -0.05) is 0 Å². The lowest BCUT2D eigenvalue weighted by molar-refractivity contribution is -0.144. The SMILES string of the molecule is O=C(Nc1cc(F)cc(F)c1)c1ccc(Cn2nc(C(F)(F)F)cc2C(F)(F)F)o1. The first-order chi connectivity index (χ1) is 13.8. The zero-order valence-electron chi connectivity index (χ0n) is 14.4. The predicted molar refractivity (Wildman–Crippen MR) is 84.4 cm³/mol.